The standard InChI is InChI=1S/C24H28N2O6/c1-25(2)12-13-26-21(15-8-6-9-16(14-15)30-3)20(23(28)24(26)29)22(27)19-17(31-4)10-7-11-18(19)32-5/h6-11,14,21,27H,12-13H2,1-5H3/b22-20+. The number of Topliss-reactive ketones (excluding diaryl/α,β-unsaturated/α-hetero) is 1. The highest BCUT2D eigenvalue weighted by atomic mass is 16.5. The van der Waals surface area contributed by atoms with Crippen molar-refractivity contribution in [3.63, 3.8) is 0 Å². The first kappa shape index (κ1) is 23.1. The minimum absolute atomic E-state index is 0.0233. The number of benzene rings is 2. The molecule has 0 spiro atoms. The van der Waals surface area contributed by atoms with E-state index in [0.717, 1.165) is 0 Å². The van der Waals surface area contributed by atoms with Gasteiger partial charge in [0.05, 0.1) is 32.9 Å². The third-order valence-corrected chi connectivity index (χ3v) is 5.40. The van der Waals surface area contributed by atoms with Gasteiger partial charge in [0, 0.05) is 13.1 Å². The number of hydrogen-bond donors (Lipinski definition) is 1. The van der Waals surface area contributed by atoms with Gasteiger partial charge in [-0.1, -0.05) is 18.2 Å². The molecular weight excluding hydrogens is 412 g/mol. The lowest BCUT2D eigenvalue weighted by atomic mass is 9.94. The Morgan fingerprint density at radius 3 is 2.19 bits per heavy atom. The molecule has 3 rings (SSSR count). The van der Waals surface area contributed by atoms with Crippen LogP contribution in [-0.4, -0.2) is 75.1 Å². The lowest BCUT2D eigenvalue weighted by Crippen LogP contribution is -2.35. The highest BCUT2D eigenvalue weighted by Crippen LogP contribution is 2.43. The van der Waals surface area contributed by atoms with E-state index in [0.29, 0.717) is 35.9 Å². The topological polar surface area (TPSA) is 88.5 Å². The first-order chi connectivity index (χ1) is 15.3. The molecule has 0 aliphatic carbocycles. The normalized spacial score (nSPS) is 17.7. The van der Waals surface area contributed by atoms with Crippen molar-refractivity contribution < 1.29 is 28.9 Å². The number of likely N-dealkylation sites (tertiary alicyclic amines) is 1. The molecule has 1 aliphatic heterocycles. The fourth-order valence-corrected chi connectivity index (χ4v) is 3.80. The van der Waals surface area contributed by atoms with Gasteiger partial charge >= 0.3 is 0 Å². The maximum Gasteiger partial charge on any atom is 0.295 e. The Morgan fingerprint density at radius 2 is 1.62 bits per heavy atom. The smallest absolute Gasteiger partial charge is 0.295 e. The van der Waals surface area contributed by atoms with Gasteiger partial charge in [0.15, 0.2) is 0 Å². The molecule has 1 amide bonds. The molecule has 1 saturated heterocycles. The number of carbonyl (C=O) groups excluding carboxylic acids is 2. The van der Waals surface area contributed by atoms with E-state index in [4.69, 9.17) is 14.2 Å². The van der Waals surface area contributed by atoms with Gasteiger partial charge in [0.2, 0.25) is 0 Å². The Bertz CT molecular complexity index is 1020. The second-order valence-electron chi connectivity index (χ2n) is 7.61. The zero-order chi connectivity index (χ0) is 23.4. The highest BCUT2D eigenvalue weighted by Gasteiger charge is 2.46. The van der Waals surface area contributed by atoms with Crippen LogP contribution < -0.4 is 14.2 Å². The number of likely N-dealkylation sites (N-methyl/N-ethyl adjacent to an activating group) is 1. The molecule has 8 heteroatoms. The molecule has 1 N–H and O–H groups in total. The van der Waals surface area contributed by atoms with Gasteiger partial charge in [-0.25, -0.2) is 0 Å². The number of hydrogen-bond acceptors (Lipinski definition) is 7. The molecule has 0 bridgehead atoms. The summed E-state index contributed by atoms with van der Waals surface area (Å²) in [5.41, 5.74) is 0.846. The van der Waals surface area contributed by atoms with Crippen LogP contribution in [0.15, 0.2) is 48.0 Å². The van der Waals surface area contributed by atoms with Gasteiger partial charge in [0.25, 0.3) is 11.7 Å². The van der Waals surface area contributed by atoms with Crippen molar-refractivity contribution in [2.24, 2.45) is 0 Å². The summed E-state index contributed by atoms with van der Waals surface area (Å²) < 4.78 is 16.1. The zero-order valence-electron chi connectivity index (χ0n) is 18.9. The van der Waals surface area contributed by atoms with Crippen molar-refractivity contribution in [3.05, 3.63) is 59.2 Å². The minimum Gasteiger partial charge on any atom is -0.506 e. The molecular formula is C24H28N2O6. The maximum atomic E-state index is 13.2. The lowest BCUT2D eigenvalue weighted by Gasteiger charge is -2.27. The molecule has 1 fully saturated rings. The van der Waals surface area contributed by atoms with Crippen LogP contribution in [0.2, 0.25) is 0 Å². The van der Waals surface area contributed by atoms with Crippen molar-refractivity contribution in [2.75, 3.05) is 48.5 Å². The first-order valence-electron chi connectivity index (χ1n) is 10.1. The van der Waals surface area contributed by atoms with Crippen molar-refractivity contribution in [1.29, 1.82) is 0 Å². The van der Waals surface area contributed by atoms with Crippen molar-refractivity contribution in [2.45, 2.75) is 6.04 Å². The molecule has 8 nitrogen and oxygen atoms in total. The van der Waals surface area contributed by atoms with E-state index >= 15 is 0 Å². The number of carbonyl (C=O) groups is 2. The summed E-state index contributed by atoms with van der Waals surface area (Å²) in [5, 5.41) is 11.4. The van der Waals surface area contributed by atoms with Gasteiger partial charge in [-0.2, -0.15) is 0 Å². The number of aliphatic hydroxyl groups is 1. The van der Waals surface area contributed by atoms with E-state index in [9.17, 15) is 14.7 Å². The van der Waals surface area contributed by atoms with Crippen molar-refractivity contribution in [3.8, 4) is 17.2 Å². The first-order valence-corrected chi connectivity index (χ1v) is 10.1. The molecule has 0 radical (unpaired) electrons. The molecule has 0 aromatic heterocycles. The fourth-order valence-electron chi connectivity index (χ4n) is 3.80. The second kappa shape index (κ2) is 9.74. The number of methoxy groups -OCH3 is 3. The average Bonchev–Trinajstić information content (AvgIpc) is 3.06. The molecule has 1 unspecified atom stereocenters. The maximum absolute atomic E-state index is 13.2. The number of aliphatic hydroxyl groups excluding tert-OH is 1. The summed E-state index contributed by atoms with van der Waals surface area (Å²) in [7, 11) is 8.23. The van der Waals surface area contributed by atoms with Gasteiger partial charge in [-0.05, 0) is 43.9 Å². The lowest BCUT2D eigenvalue weighted by molar-refractivity contribution is -0.140. The van der Waals surface area contributed by atoms with Gasteiger partial charge in [-0.15, -0.1) is 0 Å². The van der Waals surface area contributed by atoms with Gasteiger partial charge < -0.3 is 29.1 Å². The van der Waals surface area contributed by atoms with Crippen LogP contribution in [0, 0.1) is 0 Å². The number of rotatable bonds is 8. The molecule has 0 saturated carbocycles. The van der Waals surface area contributed by atoms with Crippen LogP contribution in [-0.2, 0) is 9.59 Å². The summed E-state index contributed by atoms with van der Waals surface area (Å²) in [5.74, 6) is -0.554. The molecule has 32 heavy (non-hydrogen) atoms. The molecule has 2 aromatic rings. The minimum atomic E-state index is -0.792. The number of ketones is 1. The zero-order valence-corrected chi connectivity index (χ0v) is 18.9. The summed E-state index contributed by atoms with van der Waals surface area (Å²) in [6, 6.07) is 11.3. The van der Waals surface area contributed by atoms with E-state index in [1.807, 2.05) is 19.0 Å². The number of ether oxygens (including phenoxy) is 3. The molecule has 2 aromatic carbocycles. The third-order valence-electron chi connectivity index (χ3n) is 5.40. The van der Waals surface area contributed by atoms with E-state index in [1.54, 1.807) is 49.6 Å². The quantitative estimate of drug-likeness (QED) is 0.384. The van der Waals surface area contributed by atoms with Crippen molar-refractivity contribution in [1.82, 2.24) is 9.80 Å². The average molecular weight is 440 g/mol. The monoisotopic (exact) mass is 440 g/mol. The second-order valence-corrected chi connectivity index (χ2v) is 7.61. The largest absolute Gasteiger partial charge is 0.506 e. The highest BCUT2D eigenvalue weighted by molar-refractivity contribution is 6.46. The predicted molar refractivity (Wildman–Crippen MR) is 120 cm³/mol. The fraction of sp³-hybridized carbons (Fsp3) is 0.333. The summed E-state index contributed by atoms with van der Waals surface area (Å²) in [6.07, 6.45) is 0. The van der Waals surface area contributed by atoms with Crippen LogP contribution in [0.5, 0.6) is 17.2 Å². The van der Waals surface area contributed by atoms with Crippen LogP contribution in [0.3, 0.4) is 0 Å². The summed E-state index contributed by atoms with van der Waals surface area (Å²) in [4.78, 5) is 29.6. The van der Waals surface area contributed by atoms with Crippen molar-refractivity contribution >= 4 is 17.4 Å². The molecule has 1 atom stereocenters. The van der Waals surface area contributed by atoms with Gasteiger partial charge in [0.1, 0.15) is 28.6 Å². The summed E-state index contributed by atoms with van der Waals surface area (Å²) >= 11 is 0. The van der Waals surface area contributed by atoms with Gasteiger partial charge in [-0.3, -0.25) is 9.59 Å². The van der Waals surface area contributed by atoms with E-state index < -0.39 is 17.7 Å². The Hall–Kier alpha value is -3.52. The van der Waals surface area contributed by atoms with Crippen LogP contribution in [0.4, 0.5) is 0 Å². The Kier molecular flexibility index (Phi) is 7.05. The SMILES string of the molecule is COc1cccc(C2/C(=C(\O)c3c(OC)cccc3OC)C(=O)C(=O)N2CCN(C)C)c1. The Morgan fingerprint density at radius 1 is 1.00 bits per heavy atom. The molecule has 1 aliphatic rings. The number of nitrogens with zero attached hydrogens (tertiary/aromatic N) is 2. The van der Waals surface area contributed by atoms with E-state index in [1.165, 1.54) is 19.1 Å². The van der Waals surface area contributed by atoms with Crippen LogP contribution in [0.25, 0.3) is 5.76 Å². The molecule has 1 heterocycles. The third kappa shape index (κ3) is 4.27. The van der Waals surface area contributed by atoms with Crippen LogP contribution in [0.1, 0.15) is 17.2 Å². The Balaban J connectivity index is 2.26. The number of amides is 1. The predicted octanol–water partition coefficient (Wildman–Crippen LogP) is 2.70. The van der Waals surface area contributed by atoms with E-state index in [-0.39, 0.29) is 16.9 Å². The summed E-state index contributed by atoms with van der Waals surface area (Å²) in [6.45, 7) is 0.852. The molecule has 170 valence electrons. The van der Waals surface area contributed by atoms with E-state index in [2.05, 4.69) is 0 Å². The Labute approximate surface area is 187 Å². The van der Waals surface area contributed by atoms with Crippen LogP contribution >= 0.6 is 0 Å².